The molecule has 2 rings (SSSR count). The van der Waals surface area contributed by atoms with Crippen molar-refractivity contribution < 1.29 is 32.8 Å². The van der Waals surface area contributed by atoms with Gasteiger partial charge in [0, 0.05) is 0 Å². The third-order valence-corrected chi connectivity index (χ3v) is 4.21. The average molecular weight is 255 g/mol. The molecular formula is C13H15ClTi. The fraction of sp³-hybridized carbons (Fsp3) is 0.385. The summed E-state index contributed by atoms with van der Waals surface area (Å²) in [6.45, 7) is 4.46. The molecule has 0 nitrogen and oxygen atoms in total. The minimum atomic E-state index is 0. The Morgan fingerprint density at radius 3 is 1.67 bits per heavy atom. The zero-order valence-corrected chi connectivity index (χ0v) is 11.5. The van der Waals surface area contributed by atoms with Crippen LogP contribution in [0.1, 0.15) is 26.7 Å². The molecule has 2 aliphatic carbocycles. The molecule has 0 heterocycles. The van der Waals surface area contributed by atoms with E-state index in [4.69, 9.17) is 0 Å². The molecule has 78 valence electrons. The summed E-state index contributed by atoms with van der Waals surface area (Å²) in [7, 11) is 0. The van der Waals surface area contributed by atoms with Crippen molar-refractivity contribution in [2.45, 2.75) is 30.9 Å². The largest absolute Gasteiger partial charge is 1.00 e. The SMILES string of the molecule is CC1=C([CH]([Ti+])C2=C(C)C=CC2)CC=C1.[Cl-]. The van der Waals surface area contributed by atoms with Crippen molar-refractivity contribution in [2.24, 2.45) is 0 Å². The molecular weight excluding hydrogens is 239 g/mol. The smallest absolute Gasteiger partial charge is 1.00 e. The van der Waals surface area contributed by atoms with E-state index in [-0.39, 0.29) is 12.4 Å². The monoisotopic (exact) mass is 254 g/mol. The van der Waals surface area contributed by atoms with Crippen LogP contribution in [0.3, 0.4) is 0 Å². The van der Waals surface area contributed by atoms with Crippen LogP contribution in [-0.2, 0) is 20.4 Å². The molecule has 0 aliphatic heterocycles. The molecule has 0 bridgehead atoms. The predicted molar refractivity (Wildman–Crippen MR) is 56.7 cm³/mol. The molecule has 2 aliphatic rings. The van der Waals surface area contributed by atoms with Gasteiger partial charge >= 0.3 is 97.9 Å². The third kappa shape index (κ3) is 2.56. The van der Waals surface area contributed by atoms with Gasteiger partial charge < -0.3 is 12.4 Å². The van der Waals surface area contributed by atoms with Crippen molar-refractivity contribution in [1.29, 1.82) is 0 Å². The Balaban J connectivity index is 0.00000112. The van der Waals surface area contributed by atoms with Gasteiger partial charge in [-0.2, -0.15) is 0 Å². The van der Waals surface area contributed by atoms with Gasteiger partial charge in [0.2, 0.25) is 0 Å². The van der Waals surface area contributed by atoms with Crippen molar-refractivity contribution in [1.82, 2.24) is 0 Å². The minimum Gasteiger partial charge on any atom is -1.00 e. The van der Waals surface area contributed by atoms with Crippen LogP contribution in [0.15, 0.2) is 46.6 Å². The van der Waals surface area contributed by atoms with E-state index in [1.807, 2.05) is 0 Å². The van der Waals surface area contributed by atoms with Crippen LogP contribution in [0.4, 0.5) is 0 Å². The standard InChI is InChI=1S/C13H15.ClH.Ti/c1-10-5-3-7-12(10)9-13-8-4-6-11(13)2;;/h3-6,9H,7-8H2,1-2H3;1H;/q;;+1/p-1. The van der Waals surface area contributed by atoms with Gasteiger partial charge in [0.15, 0.2) is 0 Å². The Morgan fingerprint density at radius 2 is 1.40 bits per heavy atom. The second-order valence-electron chi connectivity index (χ2n) is 4.06. The zero-order chi connectivity index (χ0) is 10.1. The number of hydrogen-bond donors (Lipinski definition) is 0. The van der Waals surface area contributed by atoms with Crippen molar-refractivity contribution >= 4 is 0 Å². The van der Waals surface area contributed by atoms with Crippen LogP contribution in [0, 0.1) is 0 Å². The number of halogens is 1. The van der Waals surface area contributed by atoms with Gasteiger partial charge in [-0.15, -0.1) is 0 Å². The Kier molecular flexibility index (Phi) is 4.64. The number of allylic oxidation sites excluding steroid dienone is 8. The van der Waals surface area contributed by atoms with E-state index < -0.39 is 0 Å². The summed E-state index contributed by atoms with van der Waals surface area (Å²) in [5.41, 5.74) is 6.18. The molecule has 0 aromatic rings. The molecule has 2 heteroatoms. The van der Waals surface area contributed by atoms with Gasteiger partial charge in [-0.1, -0.05) is 0 Å². The summed E-state index contributed by atoms with van der Waals surface area (Å²) in [5, 5.41) is 0. The van der Waals surface area contributed by atoms with E-state index in [1.165, 1.54) is 11.1 Å². The van der Waals surface area contributed by atoms with Crippen molar-refractivity contribution in [3.8, 4) is 0 Å². The summed E-state index contributed by atoms with van der Waals surface area (Å²) < 4.78 is 0.639. The maximum Gasteiger partial charge on any atom is -1.00 e. The van der Waals surface area contributed by atoms with Gasteiger partial charge in [0.25, 0.3) is 0 Å². The molecule has 0 saturated heterocycles. The van der Waals surface area contributed by atoms with E-state index in [9.17, 15) is 0 Å². The number of hydrogen-bond acceptors (Lipinski definition) is 0. The van der Waals surface area contributed by atoms with Gasteiger partial charge in [-0.25, -0.2) is 0 Å². The molecule has 15 heavy (non-hydrogen) atoms. The third-order valence-electron chi connectivity index (χ3n) is 3.12. The molecule has 0 saturated carbocycles. The Hall–Kier alpha value is -0.0357. The quantitative estimate of drug-likeness (QED) is 0.642. The van der Waals surface area contributed by atoms with Crippen LogP contribution >= 0.6 is 0 Å². The molecule has 0 spiro atoms. The first-order valence-electron chi connectivity index (χ1n) is 5.13. The average Bonchev–Trinajstić information content (AvgIpc) is 2.73. The molecule has 0 fully saturated rings. The van der Waals surface area contributed by atoms with Crippen LogP contribution in [0.25, 0.3) is 0 Å². The van der Waals surface area contributed by atoms with E-state index in [2.05, 4.69) is 58.6 Å². The summed E-state index contributed by atoms with van der Waals surface area (Å²) in [6.07, 6.45) is 11.4. The van der Waals surface area contributed by atoms with Crippen LogP contribution < -0.4 is 12.4 Å². The zero-order valence-electron chi connectivity index (χ0n) is 9.18. The summed E-state index contributed by atoms with van der Waals surface area (Å²) in [6, 6.07) is 0. The Labute approximate surface area is 110 Å². The van der Waals surface area contributed by atoms with Crippen molar-refractivity contribution in [2.75, 3.05) is 0 Å². The maximum atomic E-state index is 2.34. The van der Waals surface area contributed by atoms with Gasteiger partial charge in [-0.3, -0.25) is 0 Å². The van der Waals surface area contributed by atoms with E-state index in [0.29, 0.717) is 4.22 Å². The number of rotatable bonds is 2. The van der Waals surface area contributed by atoms with Gasteiger partial charge in [0.1, 0.15) is 0 Å². The van der Waals surface area contributed by atoms with Gasteiger partial charge in [0.05, 0.1) is 0 Å². The van der Waals surface area contributed by atoms with Crippen molar-refractivity contribution in [3.05, 3.63) is 46.6 Å². The Morgan fingerprint density at radius 1 is 1.00 bits per heavy atom. The fourth-order valence-corrected chi connectivity index (χ4v) is 3.24. The maximum absolute atomic E-state index is 2.34. The molecule has 0 unspecified atom stereocenters. The first kappa shape index (κ1) is 13.0. The second kappa shape index (κ2) is 5.34. The van der Waals surface area contributed by atoms with Crippen LogP contribution in [0.5, 0.6) is 0 Å². The summed E-state index contributed by atoms with van der Waals surface area (Å²) >= 11 is 2.34. The fourth-order valence-electron chi connectivity index (χ4n) is 2.16. The first-order valence-corrected chi connectivity index (χ1v) is 6.04. The van der Waals surface area contributed by atoms with Gasteiger partial charge in [-0.05, 0) is 0 Å². The normalized spacial score (nSPS) is 19.3. The summed E-state index contributed by atoms with van der Waals surface area (Å²) in [5.74, 6) is 0. The molecule has 0 amide bonds. The molecule has 0 aromatic carbocycles. The topological polar surface area (TPSA) is 0 Å². The van der Waals surface area contributed by atoms with E-state index in [0.717, 1.165) is 12.8 Å². The van der Waals surface area contributed by atoms with E-state index >= 15 is 0 Å². The van der Waals surface area contributed by atoms with E-state index in [1.54, 1.807) is 11.1 Å². The molecule has 0 N–H and O–H groups in total. The second-order valence-corrected chi connectivity index (χ2v) is 4.96. The molecule has 0 aromatic heterocycles. The van der Waals surface area contributed by atoms with Crippen LogP contribution in [0.2, 0.25) is 4.22 Å². The molecule has 0 radical (unpaired) electrons. The molecule has 0 atom stereocenters. The first-order chi connectivity index (χ1) is 6.70. The van der Waals surface area contributed by atoms with Crippen molar-refractivity contribution in [3.63, 3.8) is 0 Å². The van der Waals surface area contributed by atoms with Crippen LogP contribution in [-0.4, -0.2) is 0 Å². The minimum absolute atomic E-state index is 0. The predicted octanol–water partition coefficient (Wildman–Crippen LogP) is 0.879. The summed E-state index contributed by atoms with van der Waals surface area (Å²) in [4.78, 5) is 0. The Bertz CT molecular complexity index is 336.